The summed E-state index contributed by atoms with van der Waals surface area (Å²) in [6, 6.07) is 9.86. The number of hydrogen-bond donors (Lipinski definition) is 1. The van der Waals surface area contributed by atoms with Gasteiger partial charge in [0, 0.05) is 12.3 Å². The van der Waals surface area contributed by atoms with Crippen molar-refractivity contribution in [1.29, 1.82) is 0 Å². The highest BCUT2D eigenvalue weighted by atomic mass is 31.2. The Morgan fingerprint density at radius 2 is 1.87 bits per heavy atom. The van der Waals surface area contributed by atoms with Gasteiger partial charge in [-0.25, -0.2) is 0 Å². The molecule has 2 nitrogen and oxygen atoms in total. The average Bonchev–Trinajstić information content (AvgIpc) is 2.15. The molecule has 0 spiro atoms. The Morgan fingerprint density at radius 3 is 2.40 bits per heavy atom. The fourth-order valence-electron chi connectivity index (χ4n) is 1.61. The molecule has 0 aliphatic rings. The summed E-state index contributed by atoms with van der Waals surface area (Å²) in [5, 5.41) is 0. The minimum atomic E-state index is -2.91. The van der Waals surface area contributed by atoms with Crippen molar-refractivity contribution in [1.82, 2.24) is 0 Å². The molecule has 0 saturated heterocycles. The average molecular weight is 226 g/mol. The molecule has 0 saturated carbocycles. The smallest absolute Gasteiger partial charge is 0.201 e. The van der Waals surface area contributed by atoms with Crippen LogP contribution in [0.2, 0.25) is 0 Å². The van der Waals surface area contributed by atoms with Gasteiger partial charge in [-0.3, -0.25) is 4.57 Å². The van der Waals surface area contributed by atoms with Crippen LogP contribution in [0.3, 0.4) is 0 Å². The van der Waals surface area contributed by atoms with Crippen molar-refractivity contribution in [3.63, 3.8) is 0 Å². The van der Waals surface area contributed by atoms with Crippen LogP contribution in [0.4, 0.5) is 0 Å². The SMILES string of the molecule is CC(C)CP(=O)(O)CCc1ccccc1. The van der Waals surface area contributed by atoms with Crippen LogP contribution in [0.15, 0.2) is 30.3 Å². The number of hydrogen-bond acceptors (Lipinski definition) is 1. The first-order valence-corrected chi connectivity index (χ1v) is 7.37. The fourth-order valence-corrected chi connectivity index (χ4v) is 3.54. The predicted octanol–water partition coefficient (Wildman–Crippen LogP) is 3.16. The van der Waals surface area contributed by atoms with Crippen LogP contribution in [-0.4, -0.2) is 17.2 Å². The zero-order chi connectivity index (χ0) is 11.3. The van der Waals surface area contributed by atoms with Gasteiger partial charge in [-0.2, -0.15) is 0 Å². The molecule has 1 rings (SSSR count). The van der Waals surface area contributed by atoms with Crippen molar-refractivity contribution in [3.05, 3.63) is 35.9 Å². The van der Waals surface area contributed by atoms with Crippen molar-refractivity contribution >= 4 is 7.37 Å². The maximum absolute atomic E-state index is 11.8. The molecule has 0 fully saturated rings. The molecule has 0 heterocycles. The molecule has 0 amide bonds. The Bertz CT molecular complexity index is 333. The number of benzene rings is 1. The summed E-state index contributed by atoms with van der Waals surface area (Å²) in [6.07, 6.45) is 1.52. The Kier molecular flexibility index (Phi) is 4.56. The third-order valence-corrected chi connectivity index (χ3v) is 4.47. The summed E-state index contributed by atoms with van der Waals surface area (Å²) in [7, 11) is -2.91. The molecule has 1 aromatic carbocycles. The molecular formula is C12H19O2P. The Labute approximate surface area is 91.8 Å². The third kappa shape index (κ3) is 5.15. The van der Waals surface area contributed by atoms with Crippen LogP contribution in [-0.2, 0) is 11.0 Å². The first-order chi connectivity index (χ1) is 6.99. The van der Waals surface area contributed by atoms with E-state index in [-0.39, 0.29) is 5.92 Å². The van der Waals surface area contributed by atoms with Gasteiger partial charge in [0.2, 0.25) is 7.37 Å². The molecule has 0 aliphatic carbocycles. The lowest BCUT2D eigenvalue weighted by molar-refractivity contribution is 0.468. The van der Waals surface area contributed by atoms with E-state index in [0.29, 0.717) is 18.7 Å². The summed E-state index contributed by atoms with van der Waals surface area (Å²) in [5.74, 6) is 0.289. The topological polar surface area (TPSA) is 37.3 Å². The molecule has 1 unspecified atom stereocenters. The van der Waals surface area contributed by atoms with E-state index in [1.165, 1.54) is 0 Å². The highest BCUT2D eigenvalue weighted by Crippen LogP contribution is 2.42. The minimum absolute atomic E-state index is 0.289. The predicted molar refractivity (Wildman–Crippen MR) is 64.5 cm³/mol. The molecule has 0 aliphatic heterocycles. The standard InChI is InChI=1S/C12H19O2P/c1-11(2)10-15(13,14)9-8-12-6-4-3-5-7-12/h3-7,11H,8-10H2,1-2H3,(H,13,14). The fraction of sp³-hybridized carbons (Fsp3) is 0.500. The van der Waals surface area contributed by atoms with Crippen LogP contribution in [0.1, 0.15) is 19.4 Å². The van der Waals surface area contributed by atoms with Gasteiger partial charge in [0.05, 0.1) is 0 Å². The van der Waals surface area contributed by atoms with Gasteiger partial charge in [-0.05, 0) is 17.9 Å². The number of rotatable bonds is 5. The van der Waals surface area contributed by atoms with E-state index in [1.54, 1.807) is 0 Å². The second-order valence-electron chi connectivity index (χ2n) is 4.38. The van der Waals surface area contributed by atoms with Crippen LogP contribution >= 0.6 is 7.37 Å². The molecule has 0 aromatic heterocycles. The van der Waals surface area contributed by atoms with E-state index in [0.717, 1.165) is 5.56 Å². The van der Waals surface area contributed by atoms with Gasteiger partial charge >= 0.3 is 0 Å². The van der Waals surface area contributed by atoms with Crippen molar-refractivity contribution in [3.8, 4) is 0 Å². The molecule has 3 heteroatoms. The molecule has 1 N–H and O–H groups in total. The first-order valence-electron chi connectivity index (χ1n) is 5.34. The normalized spacial score (nSPS) is 15.2. The zero-order valence-electron chi connectivity index (χ0n) is 9.39. The van der Waals surface area contributed by atoms with Crippen molar-refractivity contribution < 1.29 is 9.46 Å². The summed E-state index contributed by atoms with van der Waals surface area (Å²) < 4.78 is 11.8. The van der Waals surface area contributed by atoms with E-state index in [9.17, 15) is 9.46 Å². The van der Waals surface area contributed by atoms with Crippen molar-refractivity contribution in [2.75, 3.05) is 12.3 Å². The molecular weight excluding hydrogens is 207 g/mol. The second kappa shape index (κ2) is 5.48. The molecule has 1 atom stereocenters. The summed E-state index contributed by atoms with van der Waals surface area (Å²) in [5.41, 5.74) is 1.13. The maximum Gasteiger partial charge on any atom is 0.201 e. The highest BCUT2D eigenvalue weighted by Gasteiger charge is 2.19. The third-order valence-electron chi connectivity index (χ3n) is 2.24. The summed E-state index contributed by atoms with van der Waals surface area (Å²) >= 11 is 0. The van der Waals surface area contributed by atoms with Crippen LogP contribution in [0, 0.1) is 5.92 Å². The summed E-state index contributed by atoms with van der Waals surface area (Å²) in [4.78, 5) is 9.70. The lowest BCUT2D eigenvalue weighted by atomic mass is 10.2. The maximum atomic E-state index is 11.8. The Morgan fingerprint density at radius 1 is 1.27 bits per heavy atom. The first kappa shape index (κ1) is 12.5. The largest absolute Gasteiger partial charge is 0.344 e. The quantitative estimate of drug-likeness (QED) is 0.783. The molecule has 84 valence electrons. The van der Waals surface area contributed by atoms with Gasteiger partial charge in [-0.1, -0.05) is 44.2 Å². The van der Waals surface area contributed by atoms with Gasteiger partial charge in [0.25, 0.3) is 0 Å². The summed E-state index contributed by atoms with van der Waals surface area (Å²) in [6.45, 7) is 3.96. The van der Waals surface area contributed by atoms with E-state index in [1.807, 2.05) is 44.2 Å². The molecule has 15 heavy (non-hydrogen) atoms. The highest BCUT2D eigenvalue weighted by molar-refractivity contribution is 7.58. The Hall–Kier alpha value is -0.590. The monoisotopic (exact) mass is 226 g/mol. The van der Waals surface area contributed by atoms with E-state index in [4.69, 9.17) is 0 Å². The lowest BCUT2D eigenvalue weighted by Crippen LogP contribution is -2.03. The Balaban J connectivity index is 2.46. The molecule has 0 radical (unpaired) electrons. The van der Waals surface area contributed by atoms with Crippen LogP contribution in [0.5, 0.6) is 0 Å². The van der Waals surface area contributed by atoms with Gasteiger partial charge in [0.1, 0.15) is 0 Å². The zero-order valence-corrected chi connectivity index (χ0v) is 10.3. The lowest BCUT2D eigenvalue weighted by Gasteiger charge is -2.13. The van der Waals surface area contributed by atoms with Gasteiger partial charge in [0.15, 0.2) is 0 Å². The van der Waals surface area contributed by atoms with Gasteiger partial charge < -0.3 is 4.89 Å². The molecule has 1 aromatic rings. The minimum Gasteiger partial charge on any atom is -0.344 e. The van der Waals surface area contributed by atoms with Crippen molar-refractivity contribution in [2.45, 2.75) is 20.3 Å². The molecule has 0 bridgehead atoms. The van der Waals surface area contributed by atoms with E-state index < -0.39 is 7.37 Å². The van der Waals surface area contributed by atoms with E-state index in [2.05, 4.69) is 0 Å². The van der Waals surface area contributed by atoms with E-state index >= 15 is 0 Å². The van der Waals surface area contributed by atoms with Crippen LogP contribution < -0.4 is 0 Å². The number of aryl methyl sites for hydroxylation is 1. The van der Waals surface area contributed by atoms with Gasteiger partial charge in [-0.15, -0.1) is 0 Å². The van der Waals surface area contributed by atoms with Crippen LogP contribution in [0.25, 0.3) is 0 Å². The van der Waals surface area contributed by atoms with Crippen molar-refractivity contribution in [2.24, 2.45) is 5.92 Å². The second-order valence-corrected chi connectivity index (χ2v) is 6.89.